The zero-order valence-electron chi connectivity index (χ0n) is 10.6. The fourth-order valence-electron chi connectivity index (χ4n) is 1.90. The third-order valence-electron chi connectivity index (χ3n) is 2.92. The lowest BCUT2D eigenvalue weighted by atomic mass is 10.1. The molecule has 0 aliphatic carbocycles. The van der Waals surface area contributed by atoms with Crippen molar-refractivity contribution in [2.45, 2.75) is 17.1 Å². The third kappa shape index (κ3) is 3.67. The molecule has 0 heterocycles. The van der Waals surface area contributed by atoms with Crippen LogP contribution < -0.4 is 5.73 Å². The topological polar surface area (TPSA) is 26.0 Å². The maximum atomic E-state index is 6.04. The minimum atomic E-state index is 0.221. The molecule has 0 aromatic heterocycles. The molecule has 1 nitrogen and oxygen atoms in total. The summed E-state index contributed by atoms with van der Waals surface area (Å²) >= 11 is 13.7. The van der Waals surface area contributed by atoms with E-state index >= 15 is 0 Å². The number of rotatable bonds is 4. The Morgan fingerprint density at radius 3 is 2.47 bits per heavy atom. The second-order valence-corrected chi connectivity index (χ2v) is 6.37. The van der Waals surface area contributed by atoms with E-state index in [1.165, 1.54) is 11.1 Å². The van der Waals surface area contributed by atoms with Crippen LogP contribution in [0.3, 0.4) is 0 Å². The second kappa shape index (κ2) is 6.67. The van der Waals surface area contributed by atoms with E-state index < -0.39 is 0 Å². The smallest absolute Gasteiger partial charge is 0.0603 e. The van der Waals surface area contributed by atoms with E-state index in [-0.39, 0.29) is 5.25 Å². The van der Waals surface area contributed by atoms with Crippen molar-refractivity contribution in [2.24, 2.45) is 5.73 Å². The monoisotopic (exact) mass is 311 g/mol. The molecule has 2 rings (SSSR count). The van der Waals surface area contributed by atoms with Crippen LogP contribution in [-0.4, -0.2) is 6.54 Å². The van der Waals surface area contributed by atoms with Crippen LogP contribution >= 0.6 is 35.0 Å². The molecule has 0 amide bonds. The van der Waals surface area contributed by atoms with Crippen LogP contribution in [-0.2, 0) is 0 Å². The first kappa shape index (κ1) is 14.7. The van der Waals surface area contributed by atoms with Gasteiger partial charge in [-0.1, -0.05) is 47.5 Å². The highest BCUT2D eigenvalue weighted by Crippen LogP contribution is 2.37. The zero-order valence-corrected chi connectivity index (χ0v) is 12.9. The lowest BCUT2D eigenvalue weighted by Gasteiger charge is -2.17. The fourth-order valence-corrected chi connectivity index (χ4v) is 3.41. The molecule has 2 aromatic rings. The molecule has 2 aromatic carbocycles. The molecule has 4 heteroatoms. The van der Waals surface area contributed by atoms with Crippen molar-refractivity contribution in [3.05, 3.63) is 63.6 Å². The Hall–Kier alpha value is -0.670. The van der Waals surface area contributed by atoms with Crippen LogP contribution in [0.1, 0.15) is 16.4 Å². The van der Waals surface area contributed by atoms with Crippen molar-refractivity contribution in [1.29, 1.82) is 0 Å². The van der Waals surface area contributed by atoms with Gasteiger partial charge < -0.3 is 5.73 Å². The largest absolute Gasteiger partial charge is 0.329 e. The molecule has 100 valence electrons. The van der Waals surface area contributed by atoms with Crippen LogP contribution in [0, 0.1) is 6.92 Å². The molecule has 0 radical (unpaired) electrons. The predicted octanol–water partition coefficient (Wildman–Crippen LogP) is 5.09. The van der Waals surface area contributed by atoms with E-state index in [0.29, 0.717) is 16.6 Å². The van der Waals surface area contributed by atoms with Crippen LogP contribution in [0.15, 0.2) is 47.4 Å². The highest BCUT2D eigenvalue weighted by atomic mass is 35.5. The van der Waals surface area contributed by atoms with Gasteiger partial charge in [-0.25, -0.2) is 0 Å². The van der Waals surface area contributed by atoms with Gasteiger partial charge >= 0.3 is 0 Å². The van der Waals surface area contributed by atoms with E-state index in [1.54, 1.807) is 11.8 Å². The molecule has 0 spiro atoms. The molecule has 1 unspecified atom stereocenters. The summed E-state index contributed by atoms with van der Waals surface area (Å²) in [4.78, 5) is 1.08. The fraction of sp³-hybridized carbons (Fsp3) is 0.200. The van der Waals surface area contributed by atoms with Gasteiger partial charge in [-0.15, -0.1) is 11.8 Å². The average molecular weight is 312 g/mol. The summed E-state index contributed by atoms with van der Waals surface area (Å²) in [6.45, 7) is 2.68. The minimum absolute atomic E-state index is 0.221. The lowest BCUT2D eigenvalue weighted by molar-refractivity contribution is 0.931. The first-order chi connectivity index (χ1) is 9.11. The SMILES string of the molecule is Cc1ccccc1C(CN)Sc1ccc(Cl)c(Cl)c1. The lowest BCUT2D eigenvalue weighted by Crippen LogP contribution is -2.10. The molecule has 0 aliphatic heterocycles. The number of aryl methyl sites for hydroxylation is 1. The highest BCUT2D eigenvalue weighted by Gasteiger charge is 2.14. The Balaban J connectivity index is 2.24. The first-order valence-electron chi connectivity index (χ1n) is 5.99. The van der Waals surface area contributed by atoms with E-state index in [0.717, 1.165) is 4.90 Å². The summed E-state index contributed by atoms with van der Waals surface area (Å²) in [5, 5.41) is 1.37. The van der Waals surface area contributed by atoms with Crippen molar-refractivity contribution in [2.75, 3.05) is 6.54 Å². The zero-order chi connectivity index (χ0) is 13.8. The number of benzene rings is 2. The molecule has 0 saturated heterocycles. The van der Waals surface area contributed by atoms with Gasteiger partial charge in [0.1, 0.15) is 0 Å². The van der Waals surface area contributed by atoms with Crippen LogP contribution in [0.5, 0.6) is 0 Å². The Morgan fingerprint density at radius 1 is 1.11 bits per heavy atom. The maximum absolute atomic E-state index is 6.04. The van der Waals surface area contributed by atoms with Crippen molar-refractivity contribution < 1.29 is 0 Å². The summed E-state index contributed by atoms with van der Waals surface area (Å²) in [7, 11) is 0. The summed E-state index contributed by atoms with van der Waals surface area (Å²) < 4.78 is 0. The van der Waals surface area contributed by atoms with Gasteiger partial charge in [0.25, 0.3) is 0 Å². The van der Waals surface area contributed by atoms with Gasteiger partial charge in [0.2, 0.25) is 0 Å². The Morgan fingerprint density at radius 2 is 1.84 bits per heavy atom. The van der Waals surface area contributed by atoms with E-state index in [1.807, 2.05) is 30.3 Å². The molecule has 0 aliphatic rings. The van der Waals surface area contributed by atoms with Crippen LogP contribution in [0.25, 0.3) is 0 Å². The van der Waals surface area contributed by atoms with Gasteiger partial charge in [0, 0.05) is 16.7 Å². The summed E-state index contributed by atoms with van der Waals surface area (Å²) in [6.07, 6.45) is 0. The van der Waals surface area contributed by atoms with E-state index in [4.69, 9.17) is 28.9 Å². The number of hydrogen-bond donors (Lipinski definition) is 1. The summed E-state index contributed by atoms with van der Waals surface area (Å²) in [5.41, 5.74) is 8.43. The number of nitrogens with two attached hydrogens (primary N) is 1. The van der Waals surface area contributed by atoms with Gasteiger partial charge in [0.05, 0.1) is 10.0 Å². The summed E-state index contributed by atoms with van der Waals surface area (Å²) in [5.74, 6) is 0. The molecular weight excluding hydrogens is 297 g/mol. The highest BCUT2D eigenvalue weighted by molar-refractivity contribution is 7.99. The van der Waals surface area contributed by atoms with E-state index in [2.05, 4.69) is 19.1 Å². The van der Waals surface area contributed by atoms with E-state index in [9.17, 15) is 0 Å². The number of halogens is 2. The minimum Gasteiger partial charge on any atom is -0.329 e. The Kier molecular flexibility index (Phi) is 5.17. The molecular formula is C15H15Cl2NS. The molecule has 0 fully saturated rings. The number of hydrogen-bond acceptors (Lipinski definition) is 2. The van der Waals surface area contributed by atoms with Crippen LogP contribution in [0.4, 0.5) is 0 Å². The van der Waals surface area contributed by atoms with Crippen molar-refractivity contribution in [3.8, 4) is 0 Å². The van der Waals surface area contributed by atoms with Gasteiger partial charge in [-0.05, 0) is 36.2 Å². The molecule has 19 heavy (non-hydrogen) atoms. The Labute approximate surface area is 128 Å². The molecule has 1 atom stereocenters. The molecule has 0 saturated carbocycles. The average Bonchev–Trinajstić information content (AvgIpc) is 2.41. The van der Waals surface area contributed by atoms with Gasteiger partial charge in [-0.3, -0.25) is 0 Å². The van der Waals surface area contributed by atoms with Crippen molar-refractivity contribution >= 4 is 35.0 Å². The third-order valence-corrected chi connectivity index (χ3v) is 4.91. The van der Waals surface area contributed by atoms with Crippen molar-refractivity contribution in [1.82, 2.24) is 0 Å². The van der Waals surface area contributed by atoms with Gasteiger partial charge in [0.15, 0.2) is 0 Å². The maximum Gasteiger partial charge on any atom is 0.0603 e. The van der Waals surface area contributed by atoms with Crippen LogP contribution in [0.2, 0.25) is 10.0 Å². The Bertz CT molecular complexity index is 572. The van der Waals surface area contributed by atoms with Gasteiger partial charge in [-0.2, -0.15) is 0 Å². The summed E-state index contributed by atoms with van der Waals surface area (Å²) in [6, 6.07) is 14.0. The van der Waals surface area contributed by atoms with Crippen molar-refractivity contribution in [3.63, 3.8) is 0 Å². The second-order valence-electron chi connectivity index (χ2n) is 4.27. The molecule has 0 bridgehead atoms. The first-order valence-corrected chi connectivity index (χ1v) is 7.62. The predicted molar refractivity (Wildman–Crippen MR) is 85.3 cm³/mol. The normalized spacial score (nSPS) is 12.4. The number of thioether (sulfide) groups is 1. The standard InChI is InChI=1S/C15H15Cl2NS/c1-10-4-2-3-5-12(10)15(9-18)19-11-6-7-13(16)14(17)8-11/h2-8,15H,9,18H2,1H3. The quantitative estimate of drug-likeness (QED) is 0.795. The molecule has 2 N–H and O–H groups in total.